The Bertz CT molecular complexity index is 1740. The third kappa shape index (κ3) is 6.36. The lowest BCUT2D eigenvalue weighted by Crippen LogP contribution is -2.38. The van der Waals surface area contributed by atoms with Gasteiger partial charge in [0.1, 0.15) is 5.65 Å². The summed E-state index contributed by atoms with van der Waals surface area (Å²) in [6.07, 6.45) is 4.12. The number of hydrogen-bond acceptors (Lipinski definition) is 4. The molecule has 3 heterocycles. The number of carbonyl (C=O) groups is 1. The number of benzene rings is 3. The molecular weight excluding hydrogens is 550 g/mol. The van der Waals surface area contributed by atoms with Gasteiger partial charge >= 0.3 is 0 Å². The molecule has 0 atom stereocenters. The molecule has 0 amide bonds. The van der Waals surface area contributed by atoms with Crippen molar-refractivity contribution in [3.05, 3.63) is 135 Å². The zero-order valence-electron chi connectivity index (χ0n) is 25.1. The predicted octanol–water partition coefficient (Wildman–Crippen LogP) is 6.85. The van der Waals surface area contributed by atoms with Crippen LogP contribution in [-0.4, -0.2) is 39.7 Å². The van der Waals surface area contributed by atoms with E-state index in [-0.39, 0.29) is 28.2 Å². The van der Waals surface area contributed by atoms with Crippen LogP contribution in [0, 0.1) is 26.7 Å². The number of likely N-dealkylation sites (tertiary alicyclic amines) is 1. The third-order valence-corrected chi connectivity index (χ3v) is 10.8. The highest BCUT2D eigenvalue weighted by Crippen LogP contribution is 2.32. The van der Waals surface area contributed by atoms with E-state index in [2.05, 4.69) is 84.4 Å². The Balaban J connectivity index is 1.11. The monoisotopic (exact) mass is 588 g/mol. The fourth-order valence-corrected chi connectivity index (χ4v) is 8.00. The molecule has 0 spiro atoms. The van der Waals surface area contributed by atoms with Crippen molar-refractivity contribution in [2.75, 3.05) is 19.6 Å². The van der Waals surface area contributed by atoms with E-state index in [0.29, 0.717) is 12.1 Å². The molecule has 2 aromatic heterocycles. The molecule has 1 fully saturated rings. The summed E-state index contributed by atoms with van der Waals surface area (Å²) in [6.45, 7) is 8.67. The minimum atomic E-state index is -0.238. The minimum absolute atomic E-state index is 0.0178. The summed E-state index contributed by atoms with van der Waals surface area (Å²) < 4.78 is 1.63. The maximum Gasteiger partial charge on any atom is 0.261 e. The molecule has 1 saturated heterocycles. The van der Waals surface area contributed by atoms with Crippen molar-refractivity contribution in [2.45, 2.75) is 54.7 Å². The lowest BCUT2D eigenvalue weighted by Gasteiger charge is -2.31. The molecule has 1 aliphatic rings. The molecule has 5 aromatic rings. The predicted molar refractivity (Wildman–Crippen MR) is 174 cm³/mol. The summed E-state index contributed by atoms with van der Waals surface area (Å²) in [5, 5.41) is 0. The molecular formula is C37H38N3O2S+. The topological polar surface area (TPSA) is 54.7 Å². The molecule has 0 bridgehead atoms. The van der Waals surface area contributed by atoms with Crippen molar-refractivity contribution >= 4 is 22.3 Å². The highest BCUT2D eigenvalue weighted by atomic mass is 32.2. The second kappa shape index (κ2) is 12.7. The van der Waals surface area contributed by atoms with E-state index in [4.69, 9.17) is 0 Å². The molecule has 0 aliphatic carbocycles. The van der Waals surface area contributed by atoms with Gasteiger partial charge in [-0.1, -0.05) is 41.5 Å². The van der Waals surface area contributed by atoms with Crippen LogP contribution in [0.3, 0.4) is 0 Å². The molecule has 6 heteroatoms. The first-order valence-electron chi connectivity index (χ1n) is 15.1. The first kappa shape index (κ1) is 29.1. The van der Waals surface area contributed by atoms with Crippen molar-refractivity contribution in [3.8, 4) is 0 Å². The van der Waals surface area contributed by atoms with Crippen molar-refractivity contribution in [3.63, 3.8) is 0 Å². The van der Waals surface area contributed by atoms with Crippen molar-refractivity contribution < 1.29 is 4.79 Å². The minimum Gasteiger partial charge on any atom is -0.303 e. The number of ketones is 1. The van der Waals surface area contributed by atoms with Gasteiger partial charge in [0.25, 0.3) is 5.56 Å². The Kier molecular flexibility index (Phi) is 8.59. The van der Waals surface area contributed by atoms with Gasteiger partial charge in [0.2, 0.25) is 0 Å². The smallest absolute Gasteiger partial charge is 0.261 e. The van der Waals surface area contributed by atoms with Gasteiger partial charge in [-0.15, -0.1) is 0 Å². The average Bonchev–Trinajstić information content (AvgIpc) is 3.03. The summed E-state index contributed by atoms with van der Waals surface area (Å²) in [7, 11) is -0.238. The number of carbonyl (C=O) groups excluding carboxylic acids is 1. The number of nitrogens with zero attached hydrogens (tertiary/aromatic N) is 3. The summed E-state index contributed by atoms with van der Waals surface area (Å²) in [6, 6.07) is 31.5. The van der Waals surface area contributed by atoms with Crippen molar-refractivity contribution in [1.82, 2.24) is 14.3 Å². The first-order valence-corrected chi connectivity index (χ1v) is 16.3. The van der Waals surface area contributed by atoms with Crippen molar-refractivity contribution in [1.29, 1.82) is 0 Å². The van der Waals surface area contributed by atoms with Gasteiger partial charge in [-0.2, -0.15) is 0 Å². The number of aryl methyl sites for hydroxylation is 3. The van der Waals surface area contributed by atoms with Crippen LogP contribution >= 0.6 is 0 Å². The van der Waals surface area contributed by atoms with Crippen molar-refractivity contribution in [2.24, 2.45) is 5.92 Å². The van der Waals surface area contributed by atoms with E-state index in [1.807, 2.05) is 37.3 Å². The summed E-state index contributed by atoms with van der Waals surface area (Å²) >= 11 is 0. The number of pyridine rings is 1. The molecule has 0 unspecified atom stereocenters. The van der Waals surface area contributed by atoms with Crippen LogP contribution in [0.2, 0.25) is 0 Å². The maximum atomic E-state index is 13.5. The van der Waals surface area contributed by atoms with Crippen LogP contribution in [0.5, 0.6) is 0 Å². The van der Waals surface area contributed by atoms with Gasteiger partial charge in [-0.25, -0.2) is 4.98 Å². The number of hydrogen-bond donors (Lipinski definition) is 0. The molecule has 5 nitrogen and oxygen atoms in total. The Morgan fingerprint density at radius 3 is 1.93 bits per heavy atom. The SMILES string of the molecule is Cc1ccc([S+](c2ccc(C)cc2)c2ccc(C(=O)C3CCN(CCc4c(C)nc5ccccn5c4=O)CC3)cc2)cc1. The highest BCUT2D eigenvalue weighted by Gasteiger charge is 2.30. The van der Waals surface area contributed by atoms with Crippen LogP contribution in [0.4, 0.5) is 0 Å². The number of rotatable bonds is 8. The van der Waals surface area contributed by atoms with E-state index in [9.17, 15) is 9.59 Å². The molecule has 1 aliphatic heterocycles. The zero-order chi connectivity index (χ0) is 29.9. The lowest BCUT2D eigenvalue weighted by atomic mass is 9.89. The van der Waals surface area contributed by atoms with Gasteiger partial charge in [0.15, 0.2) is 20.5 Å². The second-order valence-corrected chi connectivity index (χ2v) is 13.6. The van der Waals surface area contributed by atoms with E-state index in [1.165, 1.54) is 25.8 Å². The highest BCUT2D eigenvalue weighted by molar-refractivity contribution is 7.97. The van der Waals surface area contributed by atoms with Gasteiger partial charge in [0, 0.05) is 35.5 Å². The average molecular weight is 589 g/mol. The second-order valence-electron chi connectivity index (χ2n) is 11.6. The Labute approximate surface area is 256 Å². The Morgan fingerprint density at radius 2 is 1.35 bits per heavy atom. The van der Waals surface area contributed by atoms with Gasteiger partial charge in [-0.05, 0) is 114 Å². The van der Waals surface area contributed by atoms with Gasteiger partial charge in [0.05, 0.1) is 10.9 Å². The molecule has 3 aromatic carbocycles. The molecule has 218 valence electrons. The van der Waals surface area contributed by atoms with Crippen LogP contribution in [0.15, 0.2) is 117 Å². The fourth-order valence-electron chi connectivity index (χ4n) is 5.96. The summed E-state index contributed by atoms with van der Waals surface area (Å²) in [5.41, 5.74) is 5.57. The van der Waals surface area contributed by atoms with Gasteiger partial charge in [-0.3, -0.25) is 14.0 Å². The molecule has 43 heavy (non-hydrogen) atoms. The normalized spacial score (nSPS) is 14.4. The first-order chi connectivity index (χ1) is 20.9. The number of aromatic nitrogens is 2. The van der Waals surface area contributed by atoms with E-state index in [0.717, 1.165) is 49.3 Å². The summed E-state index contributed by atoms with van der Waals surface area (Å²) in [5.74, 6) is 0.272. The number of piperidine rings is 1. The fraction of sp³-hybridized carbons (Fsp3) is 0.270. The Hall–Kier alpha value is -4.00. The number of fused-ring (bicyclic) bond motifs is 1. The van der Waals surface area contributed by atoms with E-state index in [1.54, 1.807) is 10.6 Å². The third-order valence-electron chi connectivity index (χ3n) is 8.56. The summed E-state index contributed by atoms with van der Waals surface area (Å²) in [4.78, 5) is 37.3. The lowest BCUT2D eigenvalue weighted by molar-refractivity contribution is 0.0841. The Morgan fingerprint density at radius 1 is 0.791 bits per heavy atom. The molecule has 0 saturated carbocycles. The quantitative estimate of drug-likeness (QED) is 0.147. The standard InChI is InChI=1S/C37H38N3O2S/c1-26-7-13-31(14-8-26)43(32-15-9-27(2)10-16-32)33-17-11-29(12-18-33)36(41)30-19-23-39(24-20-30)25-21-34-28(3)38-35-6-4-5-22-40(35)37(34)42/h4-18,22,30H,19-21,23-25H2,1-3H3/q+1. The number of Topliss-reactive ketones (excluding diaryl/α,β-unsaturated/α-hetero) is 1. The van der Waals surface area contributed by atoms with E-state index >= 15 is 0 Å². The van der Waals surface area contributed by atoms with Gasteiger partial charge < -0.3 is 4.90 Å². The largest absolute Gasteiger partial charge is 0.303 e. The van der Waals surface area contributed by atoms with Crippen LogP contribution < -0.4 is 5.56 Å². The molecule has 0 radical (unpaired) electrons. The van der Waals surface area contributed by atoms with Crippen LogP contribution in [0.25, 0.3) is 5.65 Å². The zero-order valence-corrected chi connectivity index (χ0v) is 25.9. The molecule has 6 rings (SSSR count). The van der Waals surface area contributed by atoms with Crippen LogP contribution in [-0.2, 0) is 17.3 Å². The maximum absolute atomic E-state index is 13.5. The molecule has 0 N–H and O–H groups in total. The van der Waals surface area contributed by atoms with E-state index < -0.39 is 0 Å². The van der Waals surface area contributed by atoms with Crippen LogP contribution in [0.1, 0.15) is 45.6 Å².